The maximum atomic E-state index is 13.9. The van der Waals surface area contributed by atoms with Gasteiger partial charge in [-0.15, -0.1) is 11.3 Å². The fourth-order valence-electron chi connectivity index (χ4n) is 2.17. The summed E-state index contributed by atoms with van der Waals surface area (Å²) < 4.78 is 27.9. The van der Waals surface area contributed by atoms with Crippen LogP contribution < -0.4 is 10.6 Å². The smallest absolute Gasteiger partial charge is 0.227 e. The number of amides is 2. The Bertz CT molecular complexity index is 794. The Morgan fingerprint density at radius 3 is 2.54 bits per heavy atom. The molecule has 1 aromatic carbocycles. The van der Waals surface area contributed by atoms with Crippen molar-refractivity contribution in [2.75, 3.05) is 5.32 Å². The van der Waals surface area contributed by atoms with Gasteiger partial charge in [0.1, 0.15) is 22.7 Å². The van der Waals surface area contributed by atoms with Gasteiger partial charge in [-0.25, -0.2) is 8.78 Å². The Morgan fingerprint density at radius 2 is 1.96 bits per heavy atom. The highest BCUT2D eigenvalue weighted by molar-refractivity contribution is 7.14. The lowest BCUT2D eigenvalue weighted by Crippen LogP contribution is -2.31. The van der Waals surface area contributed by atoms with Gasteiger partial charge in [0, 0.05) is 12.5 Å². The molecule has 0 saturated heterocycles. The molecule has 0 saturated carbocycles. The van der Waals surface area contributed by atoms with Crippen LogP contribution in [0.4, 0.5) is 13.8 Å². The predicted molar refractivity (Wildman–Crippen MR) is 85.2 cm³/mol. The minimum Gasteiger partial charge on any atom is -0.349 e. The lowest BCUT2D eigenvalue weighted by Gasteiger charge is -2.19. The Morgan fingerprint density at radius 1 is 1.29 bits per heavy atom. The second-order valence-corrected chi connectivity index (χ2v) is 5.83. The maximum Gasteiger partial charge on any atom is 0.227 e. The summed E-state index contributed by atoms with van der Waals surface area (Å²) in [4.78, 5) is 23.5. The molecule has 0 radical (unpaired) electrons. The summed E-state index contributed by atoms with van der Waals surface area (Å²) in [6, 6.07) is 5.61. The summed E-state index contributed by atoms with van der Waals surface area (Å²) in [6.45, 7) is 1.19. The van der Waals surface area contributed by atoms with E-state index in [1.807, 2.05) is 6.07 Å². The molecule has 0 aliphatic carbocycles. The van der Waals surface area contributed by atoms with Gasteiger partial charge in [-0.05, 0) is 23.6 Å². The van der Waals surface area contributed by atoms with Crippen LogP contribution in [0.25, 0.3) is 0 Å². The van der Waals surface area contributed by atoms with E-state index in [1.54, 1.807) is 11.4 Å². The van der Waals surface area contributed by atoms with Gasteiger partial charge < -0.3 is 10.6 Å². The molecule has 0 fully saturated rings. The van der Waals surface area contributed by atoms with Crippen molar-refractivity contribution in [3.63, 3.8) is 0 Å². The number of benzene rings is 1. The van der Waals surface area contributed by atoms with Gasteiger partial charge in [0.05, 0.1) is 18.0 Å². The summed E-state index contributed by atoms with van der Waals surface area (Å²) in [7, 11) is 0. The molecule has 8 heteroatoms. The molecule has 0 aliphatic rings. The van der Waals surface area contributed by atoms with Gasteiger partial charge in [-0.1, -0.05) is 6.07 Å². The molecule has 1 atom stereocenters. The number of nitriles is 1. The van der Waals surface area contributed by atoms with Crippen molar-refractivity contribution in [3.05, 3.63) is 52.4 Å². The van der Waals surface area contributed by atoms with E-state index in [9.17, 15) is 18.4 Å². The fraction of sp³-hybridized carbons (Fsp3) is 0.188. The number of thiophene rings is 1. The first-order valence-electron chi connectivity index (χ1n) is 6.90. The molecule has 24 heavy (non-hydrogen) atoms. The molecule has 2 aromatic rings. The normalized spacial score (nSPS) is 11.4. The zero-order chi connectivity index (χ0) is 17.7. The van der Waals surface area contributed by atoms with Crippen LogP contribution in [0.2, 0.25) is 0 Å². The van der Waals surface area contributed by atoms with Crippen LogP contribution in [0.15, 0.2) is 29.6 Å². The van der Waals surface area contributed by atoms with Crippen LogP contribution in [0.5, 0.6) is 0 Å². The van der Waals surface area contributed by atoms with E-state index < -0.39 is 29.5 Å². The quantitative estimate of drug-likeness (QED) is 0.870. The number of carbonyl (C=O) groups is 2. The molecular weight excluding hydrogens is 336 g/mol. The standard InChI is InChI=1S/C16H13F2N3O2S/c1-9(22)20-13(15-11(17)3-2-4-12(15)18)7-14(23)21-16-10(8-19)5-6-24-16/h2-6,13H,7H2,1H3,(H,20,22)(H,21,23). The topological polar surface area (TPSA) is 82.0 Å². The van der Waals surface area contributed by atoms with E-state index in [-0.39, 0.29) is 12.0 Å². The number of hydrogen-bond donors (Lipinski definition) is 2. The van der Waals surface area contributed by atoms with Gasteiger partial charge in [-0.3, -0.25) is 9.59 Å². The predicted octanol–water partition coefficient (Wildman–Crippen LogP) is 3.10. The Hall–Kier alpha value is -2.79. The van der Waals surface area contributed by atoms with Gasteiger partial charge in [0.2, 0.25) is 11.8 Å². The second-order valence-electron chi connectivity index (χ2n) is 4.92. The van der Waals surface area contributed by atoms with E-state index >= 15 is 0 Å². The zero-order valence-electron chi connectivity index (χ0n) is 12.6. The molecule has 2 amide bonds. The van der Waals surface area contributed by atoms with Crippen LogP contribution in [0, 0.1) is 23.0 Å². The lowest BCUT2D eigenvalue weighted by molar-refractivity contribution is -0.120. The van der Waals surface area contributed by atoms with E-state index in [0.29, 0.717) is 10.6 Å². The van der Waals surface area contributed by atoms with E-state index in [1.165, 1.54) is 13.0 Å². The van der Waals surface area contributed by atoms with Crippen molar-refractivity contribution in [3.8, 4) is 6.07 Å². The summed E-state index contributed by atoms with van der Waals surface area (Å²) in [5.41, 5.74) is -0.0870. The zero-order valence-corrected chi connectivity index (χ0v) is 13.4. The molecule has 0 spiro atoms. The molecule has 0 bridgehead atoms. The lowest BCUT2D eigenvalue weighted by atomic mass is 10.0. The number of rotatable bonds is 5. The summed E-state index contributed by atoms with van der Waals surface area (Å²) in [5.74, 6) is -2.80. The van der Waals surface area contributed by atoms with Crippen LogP contribution in [-0.2, 0) is 9.59 Å². The van der Waals surface area contributed by atoms with Crippen LogP contribution >= 0.6 is 11.3 Å². The van der Waals surface area contributed by atoms with Crippen molar-refractivity contribution < 1.29 is 18.4 Å². The Labute approximate surface area is 140 Å². The highest BCUT2D eigenvalue weighted by atomic mass is 32.1. The molecule has 1 aromatic heterocycles. The number of hydrogen-bond acceptors (Lipinski definition) is 4. The highest BCUT2D eigenvalue weighted by Gasteiger charge is 2.24. The maximum absolute atomic E-state index is 13.9. The van der Waals surface area contributed by atoms with Gasteiger partial charge in [-0.2, -0.15) is 5.26 Å². The first kappa shape index (κ1) is 17.6. The highest BCUT2D eigenvalue weighted by Crippen LogP contribution is 2.26. The fourth-order valence-corrected chi connectivity index (χ4v) is 2.93. The monoisotopic (exact) mass is 349 g/mol. The number of nitrogens with one attached hydrogen (secondary N) is 2. The minimum absolute atomic E-state index is 0.293. The Kier molecular flexibility index (Phi) is 5.60. The third-order valence-electron chi connectivity index (χ3n) is 3.15. The van der Waals surface area contributed by atoms with Gasteiger partial charge in [0.25, 0.3) is 0 Å². The van der Waals surface area contributed by atoms with E-state index in [4.69, 9.17) is 5.26 Å². The van der Waals surface area contributed by atoms with Gasteiger partial charge >= 0.3 is 0 Å². The van der Waals surface area contributed by atoms with E-state index in [0.717, 1.165) is 23.5 Å². The van der Waals surface area contributed by atoms with Crippen molar-refractivity contribution in [1.29, 1.82) is 5.26 Å². The van der Waals surface area contributed by atoms with Crippen molar-refractivity contribution in [2.45, 2.75) is 19.4 Å². The molecular formula is C16H13F2N3O2S. The molecule has 2 rings (SSSR count). The second kappa shape index (κ2) is 7.66. The molecule has 0 aliphatic heterocycles. The molecule has 1 unspecified atom stereocenters. The van der Waals surface area contributed by atoms with Crippen molar-refractivity contribution in [1.82, 2.24) is 5.32 Å². The number of halogens is 2. The minimum atomic E-state index is -1.16. The molecule has 124 valence electrons. The Balaban J connectivity index is 2.22. The largest absolute Gasteiger partial charge is 0.349 e. The molecule has 2 N–H and O–H groups in total. The van der Waals surface area contributed by atoms with Crippen LogP contribution in [0.1, 0.15) is 30.5 Å². The summed E-state index contributed by atoms with van der Waals surface area (Å²) in [6.07, 6.45) is -0.375. The number of carbonyl (C=O) groups excluding carboxylic acids is 2. The third-order valence-corrected chi connectivity index (χ3v) is 3.98. The third kappa shape index (κ3) is 4.14. The van der Waals surface area contributed by atoms with E-state index in [2.05, 4.69) is 10.6 Å². The van der Waals surface area contributed by atoms with Crippen molar-refractivity contribution >= 4 is 28.2 Å². The average Bonchev–Trinajstić information content (AvgIpc) is 2.93. The summed E-state index contributed by atoms with van der Waals surface area (Å²) in [5, 5.41) is 15.8. The number of nitrogens with zero attached hydrogens (tertiary/aromatic N) is 1. The summed E-state index contributed by atoms with van der Waals surface area (Å²) >= 11 is 1.16. The SMILES string of the molecule is CC(=O)NC(CC(=O)Nc1sccc1C#N)c1c(F)cccc1F. The molecule has 5 nitrogen and oxygen atoms in total. The first-order valence-corrected chi connectivity index (χ1v) is 7.78. The van der Waals surface area contributed by atoms with Crippen molar-refractivity contribution in [2.24, 2.45) is 0 Å². The van der Waals surface area contributed by atoms with Gasteiger partial charge in [0.15, 0.2) is 0 Å². The van der Waals surface area contributed by atoms with Crippen LogP contribution in [-0.4, -0.2) is 11.8 Å². The molecule has 1 heterocycles. The van der Waals surface area contributed by atoms with Crippen LogP contribution in [0.3, 0.4) is 0 Å². The first-order chi connectivity index (χ1) is 11.4. The number of anilines is 1. The average molecular weight is 349 g/mol.